The molecule has 1 aliphatic rings. The second kappa shape index (κ2) is 3.71. The summed E-state index contributed by atoms with van der Waals surface area (Å²) < 4.78 is 22.6. The molecule has 0 unspecified atom stereocenters. The summed E-state index contributed by atoms with van der Waals surface area (Å²) >= 11 is 0. The first-order valence-electron chi connectivity index (χ1n) is 4.64. The number of hydrogen-bond acceptors (Lipinski definition) is 4. The molecule has 0 radical (unpaired) electrons. The van der Waals surface area contributed by atoms with Crippen molar-refractivity contribution in [1.82, 2.24) is 0 Å². The minimum Gasteiger partial charge on any atom is -0.258 e. The number of rotatable bonds is 2. The van der Waals surface area contributed by atoms with Crippen LogP contribution in [0.15, 0.2) is 17.0 Å². The van der Waals surface area contributed by atoms with Gasteiger partial charge in [-0.05, 0) is 30.4 Å². The van der Waals surface area contributed by atoms with Crippen molar-refractivity contribution >= 4 is 25.4 Å². The van der Waals surface area contributed by atoms with Crippen molar-refractivity contribution in [3.63, 3.8) is 0 Å². The Morgan fingerprint density at radius 1 is 1.31 bits per heavy atom. The van der Waals surface area contributed by atoms with E-state index in [0.29, 0.717) is 24.0 Å². The van der Waals surface area contributed by atoms with Gasteiger partial charge in [-0.15, -0.1) is 0 Å². The van der Waals surface area contributed by atoms with Gasteiger partial charge in [-0.25, -0.2) is 8.42 Å². The third-order valence-electron chi connectivity index (χ3n) is 2.63. The molecule has 2 rings (SSSR count). The molecule has 1 aromatic rings. The van der Waals surface area contributed by atoms with Gasteiger partial charge in [0.1, 0.15) is 0 Å². The van der Waals surface area contributed by atoms with Gasteiger partial charge in [0, 0.05) is 22.8 Å². The van der Waals surface area contributed by atoms with E-state index in [1.165, 1.54) is 6.07 Å². The molecule has 0 amide bonds. The largest absolute Gasteiger partial charge is 0.271 e. The fraction of sp³-hybridized carbons (Fsp3) is 0.333. The minimum absolute atomic E-state index is 0.115. The summed E-state index contributed by atoms with van der Waals surface area (Å²) in [6.07, 6.45) is 2.07. The van der Waals surface area contributed by atoms with E-state index in [1.54, 1.807) is 0 Å². The fourth-order valence-corrected chi connectivity index (χ4v) is 3.17. The average Bonchev–Trinajstić information content (AvgIpc) is 2.61. The van der Waals surface area contributed by atoms with Gasteiger partial charge in [-0.3, -0.25) is 10.1 Å². The number of nitrogens with zero attached hydrogens (tertiary/aromatic N) is 1. The summed E-state index contributed by atoms with van der Waals surface area (Å²) in [5, 5.41) is 10.6. The summed E-state index contributed by atoms with van der Waals surface area (Å²) in [4.78, 5) is 9.93. The van der Waals surface area contributed by atoms with Crippen LogP contribution in [0.1, 0.15) is 17.5 Å². The van der Waals surface area contributed by atoms with Gasteiger partial charge in [0.05, 0.1) is 9.82 Å². The average molecular weight is 262 g/mol. The molecule has 0 fully saturated rings. The lowest BCUT2D eigenvalue weighted by Gasteiger charge is -2.04. The molecule has 1 aromatic carbocycles. The van der Waals surface area contributed by atoms with Crippen molar-refractivity contribution in [2.45, 2.75) is 24.2 Å². The lowest BCUT2D eigenvalue weighted by atomic mass is 10.1. The van der Waals surface area contributed by atoms with Gasteiger partial charge >= 0.3 is 0 Å². The van der Waals surface area contributed by atoms with Gasteiger partial charge in [-0.1, -0.05) is 0 Å². The summed E-state index contributed by atoms with van der Waals surface area (Å²) in [6, 6.07) is 2.46. The lowest BCUT2D eigenvalue weighted by molar-refractivity contribution is -0.385. The Morgan fingerprint density at radius 2 is 2.00 bits per heavy atom. The highest BCUT2D eigenvalue weighted by molar-refractivity contribution is 8.13. The molecule has 0 saturated carbocycles. The van der Waals surface area contributed by atoms with E-state index in [-0.39, 0.29) is 10.6 Å². The Kier molecular flexibility index (Phi) is 2.63. The van der Waals surface area contributed by atoms with Gasteiger partial charge in [0.2, 0.25) is 0 Å². The molecule has 5 nitrogen and oxygen atoms in total. The predicted molar refractivity (Wildman–Crippen MR) is 58.2 cm³/mol. The number of non-ortho nitro benzene ring substituents is 1. The number of hydrogen-bond donors (Lipinski definition) is 0. The molecule has 7 heteroatoms. The Bertz CT molecular complexity index is 567. The van der Waals surface area contributed by atoms with Gasteiger partial charge in [0.15, 0.2) is 0 Å². The van der Waals surface area contributed by atoms with Gasteiger partial charge in [0.25, 0.3) is 14.7 Å². The second-order valence-electron chi connectivity index (χ2n) is 3.63. The Labute approximate surface area is 96.6 Å². The smallest absolute Gasteiger partial charge is 0.258 e. The number of nitro benzene ring substituents is 1. The fourth-order valence-electron chi connectivity index (χ4n) is 1.97. The van der Waals surface area contributed by atoms with Crippen LogP contribution in [0.2, 0.25) is 0 Å². The van der Waals surface area contributed by atoms with E-state index in [4.69, 9.17) is 10.7 Å². The molecule has 16 heavy (non-hydrogen) atoms. The predicted octanol–water partition coefficient (Wildman–Crippen LogP) is 2.01. The van der Waals surface area contributed by atoms with Gasteiger partial charge < -0.3 is 0 Å². The molecule has 0 N–H and O–H groups in total. The third kappa shape index (κ3) is 1.90. The van der Waals surface area contributed by atoms with E-state index in [0.717, 1.165) is 12.5 Å². The first kappa shape index (κ1) is 11.3. The molecule has 0 heterocycles. The lowest BCUT2D eigenvalue weighted by Crippen LogP contribution is -2.00. The van der Waals surface area contributed by atoms with Crippen molar-refractivity contribution in [1.29, 1.82) is 0 Å². The first-order chi connectivity index (χ1) is 7.39. The highest BCUT2D eigenvalue weighted by Gasteiger charge is 2.26. The van der Waals surface area contributed by atoms with Crippen LogP contribution in [0.3, 0.4) is 0 Å². The quantitative estimate of drug-likeness (QED) is 0.463. The van der Waals surface area contributed by atoms with Crippen LogP contribution >= 0.6 is 10.7 Å². The number of benzene rings is 1. The van der Waals surface area contributed by atoms with E-state index >= 15 is 0 Å². The van der Waals surface area contributed by atoms with Crippen LogP contribution < -0.4 is 0 Å². The minimum atomic E-state index is -3.92. The normalized spacial score (nSPS) is 14.8. The zero-order chi connectivity index (χ0) is 11.9. The number of nitro groups is 1. The van der Waals surface area contributed by atoms with Crippen LogP contribution in [0, 0.1) is 10.1 Å². The van der Waals surface area contributed by atoms with Crippen molar-refractivity contribution in [3.8, 4) is 0 Å². The molecular weight excluding hydrogens is 254 g/mol. The van der Waals surface area contributed by atoms with Crippen molar-refractivity contribution in [3.05, 3.63) is 33.4 Å². The van der Waals surface area contributed by atoms with Crippen LogP contribution in [-0.4, -0.2) is 13.3 Å². The molecule has 0 aromatic heterocycles. The summed E-state index contributed by atoms with van der Waals surface area (Å²) in [5.41, 5.74) is 1.12. The summed E-state index contributed by atoms with van der Waals surface area (Å²) in [7, 11) is 1.35. The van der Waals surface area contributed by atoms with Crippen LogP contribution in [0.4, 0.5) is 5.69 Å². The Balaban J connectivity index is 2.73. The number of aryl methyl sites for hydroxylation is 1. The zero-order valence-corrected chi connectivity index (χ0v) is 9.71. The Morgan fingerprint density at radius 3 is 2.56 bits per heavy atom. The molecule has 0 aliphatic heterocycles. The van der Waals surface area contributed by atoms with E-state index < -0.39 is 14.0 Å². The molecule has 0 bridgehead atoms. The Hall–Kier alpha value is -1.14. The molecular formula is C9H8ClNO4S. The van der Waals surface area contributed by atoms with E-state index in [2.05, 4.69) is 0 Å². The van der Waals surface area contributed by atoms with E-state index in [9.17, 15) is 18.5 Å². The van der Waals surface area contributed by atoms with Crippen molar-refractivity contribution < 1.29 is 13.3 Å². The summed E-state index contributed by atoms with van der Waals surface area (Å²) in [6.45, 7) is 0. The zero-order valence-electron chi connectivity index (χ0n) is 8.14. The van der Waals surface area contributed by atoms with Crippen LogP contribution in [0.25, 0.3) is 0 Å². The SMILES string of the molecule is O=[N+]([O-])c1cc2c(c(S(=O)(=O)Cl)c1)CCC2. The highest BCUT2D eigenvalue weighted by atomic mass is 35.7. The third-order valence-corrected chi connectivity index (χ3v) is 4.02. The maximum absolute atomic E-state index is 11.3. The molecule has 0 saturated heterocycles. The standard InChI is InChI=1S/C9H8ClNO4S/c10-16(14,15)9-5-7(11(12)13)4-6-2-1-3-8(6)9/h4-5H,1-3H2. The topological polar surface area (TPSA) is 77.3 Å². The van der Waals surface area contributed by atoms with Crippen molar-refractivity contribution in [2.24, 2.45) is 0 Å². The molecule has 86 valence electrons. The molecule has 0 spiro atoms. The van der Waals surface area contributed by atoms with Crippen LogP contribution in [-0.2, 0) is 21.9 Å². The maximum Gasteiger partial charge on any atom is 0.271 e. The number of halogens is 1. The highest BCUT2D eigenvalue weighted by Crippen LogP contribution is 2.33. The first-order valence-corrected chi connectivity index (χ1v) is 6.95. The summed E-state index contributed by atoms with van der Waals surface area (Å²) in [5.74, 6) is 0. The van der Waals surface area contributed by atoms with E-state index in [1.807, 2.05) is 0 Å². The maximum atomic E-state index is 11.3. The van der Waals surface area contributed by atoms with Crippen LogP contribution in [0.5, 0.6) is 0 Å². The second-order valence-corrected chi connectivity index (χ2v) is 6.16. The van der Waals surface area contributed by atoms with Crippen molar-refractivity contribution in [2.75, 3.05) is 0 Å². The molecule has 0 atom stereocenters. The monoisotopic (exact) mass is 261 g/mol. The van der Waals surface area contributed by atoms with Gasteiger partial charge in [-0.2, -0.15) is 0 Å². The molecule has 1 aliphatic carbocycles. The number of fused-ring (bicyclic) bond motifs is 1.